The Morgan fingerprint density at radius 1 is 1.39 bits per heavy atom. The fourth-order valence-electron chi connectivity index (χ4n) is 1.41. The highest BCUT2D eigenvalue weighted by Crippen LogP contribution is 2.20. The normalized spacial score (nSPS) is 11.3. The van der Waals surface area contributed by atoms with E-state index in [1.165, 1.54) is 0 Å². The van der Waals surface area contributed by atoms with Crippen LogP contribution in [0.2, 0.25) is 0 Å². The molecule has 0 atom stereocenters. The summed E-state index contributed by atoms with van der Waals surface area (Å²) in [6, 6.07) is 4.75. The van der Waals surface area contributed by atoms with Crippen molar-refractivity contribution >= 4 is 11.6 Å². The molecule has 3 N–H and O–H groups in total. The topological polar surface area (TPSA) is 55.1 Å². The number of aryl methyl sites for hydroxylation is 1. The van der Waals surface area contributed by atoms with Gasteiger partial charge in [0.25, 0.3) is 5.91 Å². The van der Waals surface area contributed by atoms with Crippen molar-refractivity contribution in [1.82, 2.24) is 5.32 Å². The van der Waals surface area contributed by atoms with E-state index in [4.69, 9.17) is 5.73 Å². The number of halogens is 3. The van der Waals surface area contributed by atoms with Crippen LogP contribution in [0.25, 0.3) is 0 Å². The number of hydrogen-bond donors (Lipinski definition) is 2. The lowest BCUT2D eigenvalue weighted by atomic mass is 10.1. The molecule has 0 bridgehead atoms. The van der Waals surface area contributed by atoms with Gasteiger partial charge >= 0.3 is 6.18 Å². The molecule has 1 aromatic carbocycles. The molecular weight excluding hydrogens is 245 g/mol. The second-order valence-electron chi connectivity index (χ2n) is 4.05. The fraction of sp³-hybridized carbons (Fsp3) is 0.417. The van der Waals surface area contributed by atoms with Crippen LogP contribution in [-0.2, 0) is 0 Å². The predicted molar refractivity (Wildman–Crippen MR) is 63.2 cm³/mol. The van der Waals surface area contributed by atoms with E-state index in [1.54, 1.807) is 25.1 Å². The van der Waals surface area contributed by atoms with E-state index in [0.717, 1.165) is 5.56 Å². The fourth-order valence-corrected chi connectivity index (χ4v) is 1.41. The zero-order valence-corrected chi connectivity index (χ0v) is 9.97. The van der Waals surface area contributed by atoms with E-state index in [1.807, 2.05) is 0 Å². The Hall–Kier alpha value is -1.72. The van der Waals surface area contributed by atoms with Gasteiger partial charge in [0.2, 0.25) is 0 Å². The zero-order valence-electron chi connectivity index (χ0n) is 9.97. The summed E-state index contributed by atoms with van der Waals surface area (Å²) in [7, 11) is 0. The molecule has 0 aliphatic carbocycles. The number of amides is 1. The predicted octanol–water partition coefficient (Wildman–Crippen LogP) is 2.65. The first-order valence-corrected chi connectivity index (χ1v) is 5.50. The van der Waals surface area contributed by atoms with Crippen molar-refractivity contribution in [1.29, 1.82) is 0 Å². The van der Waals surface area contributed by atoms with Gasteiger partial charge in [-0.2, -0.15) is 13.2 Å². The third-order valence-corrected chi connectivity index (χ3v) is 2.45. The number of alkyl halides is 3. The van der Waals surface area contributed by atoms with E-state index in [-0.39, 0.29) is 18.9 Å². The monoisotopic (exact) mass is 260 g/mol. The third-order valence-electron chi connectivity index (χ3n) is 2.45. The molecule has 0 radical (unpaired) electrons. The van der Waals surface area contributed by atoms with Gasteiger partial charge in [0.1, 0.15) is 0 Å². The number of benzene rings is 1. The molecular formula is C12H15F3N2O. The first-order chi connectivity index (χ1) is 8.29. The van der Waals surface area contributed by atoms with E-state index in [9.17, 15) is 18.0 Å². The Bertz CT molecular complexity index is 430. The van der Waals surface area contributed by atoms with Gasteiger partial charge in [-0.25, -0.2) is 0 Å². The SMILES string of the molecule is Cc1cc(C(=O)NCCCC(F)(F)F)ccc1N. The van der Waals surface area contributed by atoms with Crippen LogP contribution in [0.4, 0.5) is 18.9 Å². The first-order valence-electron chi connectivity index (χ1n) is 5.50. The van der Waals surface area contributed by atoms with Gasteiger partial charge in [-0.1, -0.05) is 0 Å². The quantitative estimate of drug-likeness (QED) is 0.646. The Balaban J connectivity index is 2.43. The molecule has 3 nitrogen and oxygen atoms in total. The van der Waals surface area contributed by atoms with Gasteiger partial charge < -0.3 is 11.1 Å². The van der Waals surface area contributed by atoms with Gasteiger partial charge in [-0.15, -0.1) is 0 Å². The average molecular weight is 260 g/mol. The lowest BCUT2D eigenvalue weighted by Gasteiger charge is -2.08. The number of rotatable bonds is 4. The molecule has 1 aromatic rings. The molecule has 1 rings (SSSR count). The lowest BCUT2D eigenvalue weighted by Crippen LogP contribution is -2.25. The molecule has 0 heterocycles. The average Bonchev–Trinajstić information content (AvgIpc) is 2.26. The van der Waals surface area contributed by atoms with Crippen molar-refractivity contribution in [3.63, 3.8) is 0 Å². The Kier molecular flexibility index (Phi) is 4.58. The Morgan fingerprint density at radius 2 is 2.06 bits per heavy atom. The molecule has 0 saturated carbocycles. The second kappa shape index (κ2) is 5.75. The molecule has 1 amide bonds. The number of carbonyl (C=O) groups is 1. The minimum Gasteiger partial charge on any atom is -0.399 e. The number of carbonyl (C=O) groups excluding carboxylic acids is 1. The van der Waals surface area contributed by atoms with E-state index >= 15 is 0 Å². The van der Waals surface area contributed by atoms with Crippen molar-refractivity contribution < 1.29 is 18.0 Å². The van der Waals surface area contributed by atoms with Crippen LogP contribution < -0.4 is 11.1 Å². The molecule has 0 saturated heterocycles. The number of nitrogens with two attached hydrogens (primary N) is 1. The number of nitrogen functional groups attached to an aromatic ring is 1. The summed E-state index contributed by atoms with van der Waals surface area (Å²) in [5, 5.41) is 2.44. The van der Waals surface area contributed by atoms with Gasteiger partial charge in [-0.3, -0.25) is 4.79 Å². The van der Waals surface area contributed by atoms with Gasteiger partial charge in [0.15, 0.2) is 0 Å². The minimum atomic E-state index is -4.18. The molecule has 0 unspecified atom stereocenters. The summed E-state index contributed by atoms with van der Waals surface area (Å²) in [4.78, 5) is 11.6. The molecule has 0 aliphatic heterocycles. The highest BCUT2D eigenvalue weighted by Gasteiger charge is 2.25. The van der Waals surface area contributed by atoms with Crippen LogP contribution in [-0.4, -0.2) is 18.6 Å². The van der Waals surface area contributed by atoms with Crippen LogP contribution in [0.5, 0.6) is 0 Å². The van der Waals surface area contributed by atoms with E-state index < -0.39 is 12.6 Å². The van der Waals surface area contributed by atoms with Crippen molar-refractivity contribution in [2.24, 2.45) is 0 Å². The Labute approximate surface area is 103 Å². The molecule has 0 spiro atoms. The molecule has 100 valence electrons. The second-order valence-corrected chi connectivity index (χ2v) is 4.05. The van der Waals surface area contributed by atoms with Crippen molar-refractivity contribution in [3.05, 3.63) is 29.3 Å². The standard InChI is InChI=1S/C12H15F3N2O/c1-8-7-9(3-4-10(8)16)11(18)17-6-2-5-12(13,14)15/h3-4,7H,2,5-6,16H2,1H3,(H,17,18). The molecule has 6 heteroatoms. The minimum absolute atomic E-state index is 0.00175. The maximum Gasteiger partial charge on any atom is 0.389 e. The van der Waals surface area contributed by atoms with Crippen molar-refractivity contribution in [2.75, 3.05) is 12.3 Å². The molecule has 0 aromatic heterocycles. The van der Waals surface area contributed by atoms with Crippen molar-refractivity contribution in [3.8, 4) is 0 Å². The number of hydrogen-bond acceptors (Lipinski definition) is 2. The molecule has 0 fully saturated rings. The summed E-state index contributed by atoms with van der Waals surface area (Å²) in [6.45, 7) is 1.76. The maximum absolute atomic E-state index is 11.9. The highest BCUT2D eigenvalue weighted by atomic mass is 19.4. The summed E-state index contributed by atoms with van der Waals surface area (Å²) in [5.74, 6) is -0.389. The summed E-state index contributed by atoms with van der Waals surface area (Å²) in [5.41, 5.74) is 7.33. The highest BCUT2D eigenvalue weighted by molar-refractivity contribution is 5.94. The largest absolute Gasteiger partial charge is 0.399 e. The van der Waals surface area contributed by atoms with Crippen LogP contribution in [0.3, 0.4) is 0 Å². The summed E-state index contributed by atoms with van der Waals surface area (Å²) < 4.78 is 35.6. The maximum atomic E-state index is 11.9. The lowest BCUT2D eigenvalue weighted by molar-refractivity contribution is -0.135. The van der Waals surface area contributed by atoms with E-state index in [0.29, 0.717) is 11.3 Å². The van der Waals surface area contributed by atoms with Gasteiger partial charge in [0.05, 0.1) is 0 Å². The smallest absolute Gasteiger partial charge is 0.389 e. The van der Waals surface area contributed by atoms with Crippen molar-refractivity contribution in [2.45, 2.75) is 25.9 Å². The van der Waals surface area contributed by atoms with Crippen LogP contribution in [0.15, 0.2) is 18.2 Å². The van der Waals surface area contributed by atoms with Gasteiger partial charge in [-0.05, 0) is 37.1 Å². The van der Waals surface area contributed by atoms with Gasteiger partial charge in [0, 0.05) is 24.2 Å². The molecule has 18 heavy (non-hydrogen) atoms. The Morgan fingerprint density at radius 3 is 2.61 bits per heavy atom. The first kappa shape index (κ1) is 14.3. The van der Waals surface area contributed by atoms with Crippen LogP contribution >= 0.6 is 0 Å². The number of nitrogens with one attached hydrogen (secondary N) is 1. The number of anilines is 1. The van der Waals surface area contributed by atoms with E-state index in [2.05, 4.69) is 5.32 Å². The molecule has 0 aliphatic rings. The van der Waals surface area contributed by atoms with Crippen LogP contribution in [0, 0.1) is 6.92 Å². The zero-order chi connectivity index (χ0) is 13.8. The summed E-state index contributed by atoms with van der Waals surface area (Å²) in [6.07, 6.45) is -5.19. The summed E-state index contributed by atoms with van der Waals surface area (Å²) >= 11 is 0. The third kappa shape index (κ3) is 4.65. The van der Waals surface area contributed by atoms with Crippen LogP contribution in [0.1, 0.15) is 28.8 Å².